The van der Waals surface area contributed by atoms with E-state index in [0.717, 1.165) is 18.6 Å². The molecule has 5 heteroatoms. The third kappa shape index (κ3) is 5.09. The molecule has 20 heavy (non-hydrogen) atoms. The number of nitrogens with two attached hydrogens (primary N) is 1. The quantitative estimate of drug-likeness (QED) is 0.240. The summed E-state index contributed by atoms with van der Waals surface area (Å²) in [7, 11) is 1.55. The SMILES string of the molecule is CCCCCCOCc1ccc(/C(N)=N/O)c(OC)c1. The van der Waals surface area contributed by atoms with E-state index in [4.69, 9.17) is 20.4 Å². The number of nitrogens with zero attached hydrogens (tertiary/aromatic N) is 1. The highest BCUT2D eigenvalue weighted by Gasteiger charge is 2.08. The number of unbranched alkanes of at least 4 members (excludes halogenated alkanes) is 3. The Morgan fingerprint density at radius 2 is 2.10 bits per heavy atom. The van der Waals surface area contributed by atoms with E-state index in [1.165, 1.54) is 19.3 Å². The highest BCUT2D eigenvalue weighted by molar-refractivity contribution is 5.99. The summed E-state index contributed by atoms with van der Waals surface area (Å²) in [5, 5.41) is 11.7. The van der Waals surface area contributed by atoms with Crippen LogP contribution >= 0.6 is 0 Å². The van der Waals surface area contributed by atoms with Crippen LogP contribution in [0.25, 0.3) is 0 Å². The molecule has 0 spiro atoms. The predicted octanol–water partition coefficient (Wildman–Crippen LogP) is 2.89. The van der Waals surface area contributed by atoms with Crippen molar-refractivity contribution in [3.63, 3.8) is 0 Å². The first-order valence-electron chi connectivity index (χ1n) is 6.95. The number of methoxy groups -OCH3 is 1. The van der Waals surface area contributed by atoms with E-state index in [1.807, 2.05) is 12.1 Å². The zero-order chi connectivity index (χ0) is 14.8. The van der Waals surface area contributed by atoms with Gasteiger partial charge in [0.25, 0.3) is 0 Å². The molecule has 0 aliphatic heterocycles. The van der Waals surface area contributed by atoms with Gasteiger partial charge in [0.2, 0.25) is 0 Å². The normalized spacial score (nSPS) is 11.6. The van der Waals surface area contributed by atoms with Crippen LogP contribution in [0.5, 0.6) is 5.75 Å². The van der Waals surface area contributed by atoms with Crippen molar-refractivity contribution < 1.29 is 14.7 Å². The molecule has 5 nitrogen and oxygen atoms in total. The third-order valence-corrected chi connectivity index (χ3v) is 3.06. The molecule has 0 fully saturated rings. The Balaban J connectivity index is 2.51. The van der Waals surface area contributed by atoms with Crippen molar-refractivity contribution >= 4 is 5.84 Å². The van der Waals surface area contributed by atoms with Crippen LogP contribution in [0.1, 0.15) is 43.7 Å². The summed E-state index contributed by atoms with van der Waals surface area (Å²) < 4.78 is 10.9. The molecule has 0 bridgehead atoms. The second-order valence-corrected chi connectivity index (χ2v) is 4.63. The summed E-state index contributed by atoms with van der Waals surface area (Å²) in [5.41, 5.74) is 7.15. The van der Waals surface area contributed by atoms with Crippen LogP contribution in [-0.2, 0) is 11.3 Å². The molecule has 0 atom stereocenters. The molecule has 0 amide bonds. The lowest BCUT2D eigenvalue weighted by molar-refractivity contribution is 0.116. The van der Waals surface area contributed by atoms with Crippen LogP contribution in [0.3, 0.4) is 0 Å². The van der Waals surface area contributed by atoms with E-state index in [9.17, 15) is 0 Å². The molecule has 0 radical (unpaired) electrons. The van der Waals surface area contributed by atoms with Gasteiger partial charge in [-0.3, -0.25) is 0 Å². The molecular formula is C15H24N2O3. The highest BCUT2D eigenvalue weighted by atomic mass is 16.5. The van der Waals surface area contributed by atoms with Gasteiger partial charge >= 0.3 is 0 Å². The summed E-state index contributed by atoms with van der Waals surface area (Å²) in [6.45, 7) is 3.50. The average molecular weight is 280 g/mol. The third-order valence-electron chi connectivity index (χ3n) is 3.06. The molecule has 0 aliphatic rings. The maximum Gasteiger partial charge on any atom is 0.173 e. The van der Waals surface area contributed by atoms with Crippen LogP contribution in [0.15, 0.2) is 23.4 Å². The molecule has 1 rings (SSSR count). The molecule has 3 N–H and O–H groups in total. The summed E-state index contributed by atoms with van der Waals surface area (Å²) >= 11 is 0. The van der Waals surface area contributed by atoms with Gasteiger partial charge in [-0.1, -0.05) is 37.4 Å². The van der Waals surface area contributed by atoms with Crippen molar-refractivity contribution in [1.82, 2.24) is 0 Å². The fourth-order valence-corrected chi connectivity index (χ4v) is 1.91. The Hall–Kier alpha value is -1.75. The van der Waals surface area contributed by atoms with E-state index in [-0.39, 0.29) is 5.84 Å². The Kier molecular flexibility index (Phi) is 7.50. The lowest BCUT2D eigenvalue weighted by Gasteiger charge is -2.10. The number of rotatable bonds is 9. The monoisotopic (exact) mass is 280 g/mol. The van der Waals surface area contributed by atoms with Crippen LogP contribution in [0.4, 0.5) is 0 Å². The largest absolute Gasteiger partial charge is 0.496 e. The minimum Gasteiger partial charge on any atom is -0.496 e. The number of oxime groups is 1. The van der Waals surface area contributed by atoms with Gasteiger partial charge in [-0.05, 0) is 24.1 Å². The van der Waals surface area contributed by atoms with Gasteiger partial charge in [-0.2, -0.15) is 0 Å². The molecule has 0 heterocycles. The minimum atomic E-state index is 0.0360. The van der Waals surface area contributed by atoms with Crippen molar-refractivity contribution in [2.45, 2.75) is 39.2 Å². The lowest BCUT2D eigenvalue weighted by Crippen LogP contribution is -2.14. The van der Waals surface area contributed by atoms with Crippen LogP contribution < -0.4 is 10.5 Å². The minimum absolute atomic E-state index is 0.0360. The summed E-state index contributed by atoms with van der Waals surface area (Å²) in [5.74, 6) is 0.612. The van der Waals surface area contributed by atoms with Crippen molar-refractivity contribution in [2.75, 3.05) is 13.7 Å². The number of hydrogen-bond donors (Lipinski definition) is 2. The average Bonchev–Trinajstić information content (AvgIpc) is 2.49. The number of hydrogen-bond acceptors (Lipinski definition) is 4. The fraction of sp³-hybridized carbons (Fsp3) is 0.533. The number of benzene rings is 1. The molecule has 0 saturated heterocycles. The number of amidine groups is 1. The van der Waals surface area contributed by atoms with Gasteiger partial charge in [0.05, 0.1) is 19.3 Å². The molecule has 0 aromatic heterocycles. The van der Waals surface area contributed by atoms with E-state index in [0.29, 0.717) is 17.9 Å². The maximum atomic E-state index is 8.70. The molecular weight excluding hydrogens is 256 g/mol. The summed E-state index contributed by atoms with van der Waals surface area (Å²) in [6, 6.07) is 5.50. The summed E-state index contributed by atoms with van der Waals surface area (Å²) in [6.07, 6.45) is 4.79. The molecule has 1 aromatic rings. The van der Waals surface area contributed by atoms with Crippen LogP contribution in [-0.4, -0.2) is 24.8 Å². The first-order valence-corrected chi connectivity index (χ1v) is 6.95. The van der Waals surface area contributed by atoms with Crippen LogP contribution in [0.2, 0.25) is 0 Å². The van der Waals surface area contributed by atoms with Crippen molar-refractivity contribution in [3.05, 3.63) is 29.3 Å². The Labute approximate surface area is 120 Å². The van der Waals surface area contributed by atoms with Crippen molar-refractivity contribution in [1.29, 1.82) is 0 Å². The second kappa shape index (κ2) is 9.20. The van der Waals surface area contributed by atoms with E-state index in [2.05, 4.69) is 12.1 Å². The lowest BCUT2D eigenvalue weighted by atomic mass is 10.1. The van der Waals surface area contributed by atoms with E-state index < -0.39 is 0 Å². The zero-order valence-corrected chi connectivity index (χ0v) is 12.3. The summed E-state index contributed by atoms with van der Waals surface area (Å²) in [4.78, 5) is 0. The predicted molar refractivity (Wildman–Crippen MR) is 79.3 cm³/mol. The van der Waals surface area contributed by atoms with Gasteiger partial charge < -0.3 is 20.4 Å². The first-order chi connectivity index (χ1) is 9.72. The number of ether oxygens (including phenoxy) is 2. The van der Waals surface area contributed by atoms with Gasteiger partial charge in [0.1, 0.15) is 5.75 Å². The molecule has 112 valence electrons. The van der Waals surface area contributed by atoms with E-state index >= 15 is 0 Å². The van der Waals surface area contributed by atoms with Gasteiger partial charge in [0, 0.05) is 6.61 Å². The van der Waals surface area contributed by atoms with Gasteiger partial charge in [-0.25, -0.2) is 0 Å². The smallest absolute Gasteiger partial charge is 0.173 e. The Bertz CT molecular complexity index is 433. The second-order valence-electron chi connectivity index (χ2n) is 4.63. The topological polar surface area (TPSA) is 77.1 Å². The van der Waals surface area contributed by atoms with Crippen LogP contribution in [0, 0.1) is 0 Å². The zero-order valence-electron chi connectivity index (χ0n) is 12.3. The molecule has 0 aliphatic carbocycles. The van der Waals surface area contributed by atoms with E-state index in [1.54, 1.807) is 13.2 Å². The standard InChI is InChI=1S/C15H24N2O3/c1-3-4-5-6-9-20-11-12-7-8-13(15(16)17-18)14(10-12)19-2/h7-8,10,18H,3-6,9,11H2,1-2H3,(H2,16,17). The molecule has 0 saturated carbocycles. The Morgan fingerprint density at radius 1 is 1.30 bits per heavy atom. The molecule has 0 unspecified atom stereocenters. The fourth-order valence-electron chi connectivity index (χ4n) is 1.91. The van der Waals surface area contributed by atoms with Crippen molar-refractivity contribution in [2.24, 2.45) is 10.9 Å². The van der Waals surface area contributed by atoms with Gasteiger partial charge in [-0.15, -0.1) is 0 Å². The maximum absolute atomic E-state index is 8.70. The molecule has 1 aromatic carbocycles. The van der Waals surface area contributed by atoms with Crippen molar-refractivity contribution in [3.8, 4) is 5.75 Å². The van der Waals surface area contributed by atoms with Gasteiger partial charge in [0.15, 0.2) is 5.84 Å². The Morgan fingerprint density at radius 3 is 2.75 bits per heavy atom. The highest BCUT2D eigenvalue weighted by Crippen LogP contribution is 2.20. The first kappa shape index (κ1) is 16.3.